The van der Waals surface area contributed by atoms with E-state index < -0.39 is 22.8 Å². The number of carbonyl (C=O) groups is 2. The van der Waals surface area contributed by atoms with Crippen molar-refractivity contribution in [3.8, 4) is 0 Å². The van der Waals surface area contributed by atoms with Crippen LogP contribution in [0.1, 0.15) is 18.0 Å². The van der Waals surface area contributed by atoms with Gasteiger partial charge in [0, 0.05) is 12.1 Å². The van der Waals surface area contributed by atoms with E-state index in [1.807, 2.05) is 0 Å². The highest BCUT2D eigenvalue weighted by atomic mass is 16.6. The van der Waals surface area contributed by atoms with Gasteiger partial charge in [-0.1, -0.05) is 12.1 Å². The standard InChI is InChI=1S/C12H15N3O5/c1-20-12(17)6-10(14-11(16)7-13)8-2-4-9(5-3-8)15(18)19/h2-5,10H,6-7,13H2,1H3,(H,14,16). The van der Waals surface area contributed by atoms with Crippen LogP contribution in [0.4, 0.5) is 5.69 Å². The SMILES string of the molecule is COC(=O)CC(NC(=O)CN)c1ccc([N+](=O)[O-])cc1. The lowest BCUT2D eigenvalue weighted by Crippen LogP contribution is -2.35. The number of carbonyl (C=O) groups excluding carboxylic acids is 2. The number of non-ortho nitro benzene ring substituents is 1. The molecule has 8 nitrogen and oxygen atoms in total. The summed E-state index contributed by atoms with van der Waals surface area (Å²) in [5.74, 6) is -0.942. The molecular weight excluding hydrogens is 266 g/mol. The molecule has 1 rings (SSSR count). The summed E-state index contributed by atoms with van der Waals surface area (Å²) in [6, 6.07) is 4.91. The molecule has 3 N–H and O–H groups in total. The molecule has 0 radical (unpaired) electrons. The fraction of sp³-hybridized carbons (Fsp3) is 0.333. The molecule has 0 bridgehead atoms. The summed E-state index contributed by atoms with van der Waals surface area (Å²) in [7, 11) is 1.24. The third-order valence-corrected chi connectivity index (χ3v) is 2.63. The van der Waals surface area contributed by atoms with Gasteiger partial charge in [0.05, 0.1) is 31.0 Å². The number of ether oxygens (including phenoxy) is 1. The van der Waals surface area contributed by atoms with Gasteiger partial charge in [-0.05, 0) is 5.56 Å². The van der Waals surface area contributed by atoms with Gasteiger partial charge in [0.1, 0.15) is 0 Å². The largest absolute Gasteiger partial charge is 0.469 e. The molecule has 0 heterocycles. The summed E-state index contributed by atoms with van der Waals surface area (Å²) >= 11 is 0. The molecule has 1 aromatic carbocycles. The van der Waals surface area contributed by atoms with Gasteiger partial charge in [-0.3, -0.25) is 19.7 Å². The summed E-state index contributed by atoms with van der Waals surface area (Å²) in [5.41, 5.74) is 5.69. The third-order valence-electron chi connectivity index (χ3n) is 2.63. The topological polar surface area (TPSA) is 125 Å². The summed E-state index contributed by atoms with van der Waals surface area (Å²) in [4.78, 5) is 32.7. The van der Waals surface area contributed by atoms with Crippen molar-refractivity contribution in [3.63, 3.8) is 0 Å². The monoisotopic (exact) mass is 281 g/mol. The van der Waals surface area contributed by atoms with Crippen LogP contribution < -0.4 is 11.1 Å². The zero-order chi connectivity index (χ0) is 15.1. The lowest BCUT2D eigenvalue weighted by atomic mass is 10.0. The lowest BCUT2D eigenvalue weighted by molar-refractivity contribution is -0.384. The summed E-state index contributed by atoms with van der Waals surface area (Å²) in [5, 5.41) is 13.1. The van der Waals surface area contributed by atoms with Crippen molar-refractivity contribution in [1.82, 2.24) is 5.32 Å². The van der Waals surface area contributed by atoms with Crippen molar-refractivity contribution >= 4 is 17.6 Å². The highest BCUT2D eigenvalue weighted by Crippen LogP contribution is 2.20. The minimum Gasteiger partial charge on any atom is -0.469 e. The Balaban J connectivity index is 2.93. The van der Waals surface area contributed by atoms with Crippen molar-refractivity contribution in [2.45, 2.75) is 12.5 Å². The molecule has 1 amide bonds. The maximum absolute atomic E-state index is 11.3. The van der Waals surface area contributed by atoms with Gasteiger partial charge in [-0.25, -0.2) is 0 Å². The van der Waals surface area contributed by atoms with Crippen LogP contribution in [0.3, 0.4) is 0 Å². The average molecular weight is 281 g/mol. The normalized spacial score (nSPS) is 11.5. The van der Waals surface area contributed by atoms with E-state index in [1.165, 1.54) is 31.4 Å². The second-order valence-electron chi connectivity index (χ2n) is 3.95. The molecule has 1 unspecified atom stereocenters. The van der Waals surface area contributed by atoms with E-state index in [0.717, 1.165) is 0 Å². The molecule has 8 heteroatoms. The van der Waals surface area contributed by atoms with Crippen LogP contribution in [0.15, 0.2) is 24.3 Å². The summed E-state index contributed by atoms with van der Waals surface area (Å²) in [6.07, 6.45) is -0.0833. The number of methoxy groups -OCH3 is 1. The lowest BCUT2D eigenvalue weighted by Gasteiger charge is -2.17. The molecule has 0 aliphatic carbocycles. The number of hydrogen-bond acceptors (Lipinski definition) is 6. The van der Waals surface area contributed by atoms with Gasteiger partial charge < -0.3 is 15.8 Å². The zero-order valence-corrected chi connectivity index (χ0v) is 10.9. The minimum atomic E-state index is -0.640. The van der Waals surface area contributed by atoms with Crippen LogP contribution >= 0.6 is 0 Å². The number of nitro groups is 1. The van der Waals surface area contributed by atoms with E-state index in [9.17, 15) is 19.7 Å². The quantitative estimate of drug-likeness (QED) is 0.438. The Morgan fingerprint density at radius 3 is 2.45 bits per heavy atom. The molecule has 0 fully saturated rings. The molecule has 0 aliphatic heterocycles. The second kappa shape index (κ2) is 7.19. The van der Waals surface area contributed by atoms with Crippen molar-refractivity contribution in [1.29, 1.82) is 0 Å². The predicted octanol–water partition coefficient (Wildman–Crippen LogP) is 0.274. The van der Waals surface area contributed by atoms with E-state index in [1.54, 1.807) is 0 Å². The Morgan fingerprint density at radius 2 is 2.00 bits per heavy atom. The van der Waals surface area contributed by atoms with Gasteiger partial charge in [-0.2, -0.15) is 0 Å². The van der Waals surface area contributed by atoms with E-state index >= 15 is 0 Å². The number of nitrogens with zero attached hydrogens (tertiary/aromatic N) is 1. The Labute approximate surface area is 115 Å². The van der Waals surface area contributed by atoms with Crippen LogP contribution in [-0.4, -0.2) is 30.5 Å². The number of rotatable bonds is 6. The predicted molar refractivity (Wildman–Crippen MR) is 69.7 cm³/mol. The first-order valence-electron chi connectivity index (χ1n) is 5.78. The smallest absolute Gasteiger partial charge is 0.307 e. The molecule has 0 spiro atoms. The minimum absolute atomic E-state index is 0.0734. The molecule has 0 aliphatic rings. The number of benzene rings is 1. The number of esters is 1. The van der Waals surface area contributed by atoms with Crippen molar-refractivity contribution < 1.29 is 19.2 Å². The summed E-state index contributed by atoms with van der Waals surface area (Å²) in [6.45, 7) is -0.218. The van der Waals surface area contributed by atoms with Crippen molar-refractivity contribution in [3.05, 3.63) is 39.9 Å². The molecule has 0 aromatic heterocycles. The van der Waals surface area contributed by atoms with E-state index in [4.69, 9.17) is 5.73 Å². The van der Waals surface area contributed by atoms with Crippen LogP contribution in [0, 0.1) is 10.1 Å². The average Bonchev–Trinajstić information content (AvgIpc) is 2.46. The van der Waals surface area contributed by atoms with E-state index in [2.05, 4.69) is 10.1 Å². The van der Waals surface area contributed by atoms with Gasteiger partial charge >= 0.3 is 5.97 Å². The number of amides is 1. The van der Waals surface area contributed by atoms with Gasteiger partial charge in [0.15, 0.2) is 0 Å². The molecule has 1 atom stereocenters. The maximum atomic E-state index is 11.3. The molecule has 108 valence electrons. The second-order valence-corrected chi connectivity index (χ2v) is 3.95. The zero-order valence-electron chi connectivity index (χ0n) is 10.9. The first kappa shape index (κ1) is 15.6. The molecule has 0 saturated heterocycles. The number of nitrogens with one attached hydrogen (secondary N) is 1. The molecule has 1 aromatic rings. The first-order valence-corrected chi connectivity index (χ1v) is 5.78. The fourth-order valence-electron chi connectivity index (χ4n) is 1.58. The van der Waals surface area contributed by atoms with E-state index in [0.29, 0.717) is 5.56 Å². The van der Waals surface area contributed by atoms with Crippen LogP contribution in [0.5, 0.6) is 0 Å². The Morgan fingerprint density at radius 1 is 1.40 bits per heavy atom. The maximum Gasteiger partial charge on any atom is 0.307 e. The van der Waals surface area contributed by atoms with Crippen molar-refractivity contribution in [2.75, 3.05) is 13.7 Å². The van der Waals surface area contributed by atoms with Crippen LogP contribution in [-0.2, 0) is 14.3 Å². The van der Waals surface area contributed by atoms with E-state index in [-0.39, 0.29) is 18.7 Å². The number of nitrogens with two attached hydrogens (primary N) is 1. The highest BCUT2D eigenvalue weighted by molar-refractivity contribution is 5.79. The highest BCUT2D eigenvalue weighted by Gasteiger charge is 2.19. The molecule has 0 saturated carbocycles. The summed E-state index contributed by atoms with van der Waals surface area (Å²) < 4.78 is 4.55. The van der Waals surface area contributed by atoms with Crippen LogP contribution in [0.2, 0.25) is 0 Å². The Bertz CT molecular complexity index is 482. The number of hydrogen-bond donors (Lipinski definition) is 2. The molecular formula is C12H15N3O5. The fourth-order valence-corrected chi connectivity index (χ4v) is 1.58. The Kier molecular flexibility index (Phi) is 5.60. The first-order chi connectivity index (χ1) is 9.47. The van der Waals surface area contributed by atoms with Crippen LogP contribution in [0.25, 0.3) is 0 Å². The molecule has 20 heavy (non-hydrogen) atoms. The van der Waals surface area contributed by atoms with Gasteiger partial charge in [0.2, 0.25) is 5.91 Å². The van der Waals surface area contributed by atoms with Gasteiger partial charge in [-0.15, -0.1) is 0 Å². The van der Waals surface area contributed by atoms with Crippen molar-refractivity contribution in [2.24, 2.45) is 5.73 Å². The number of nitro benzene ring substituents is 1. The third kappa shape index (κ3) is 4.32. The Hall–Kier alpha value is -2.48. The van der Waals surface area contributed by atoms with Gasteiger partial charge in [0.25, 0.3) is 5.69 Å².